The monoisotopic (exact) mass is 449 g/mol. The summed E-state index contributed by atoms with van der Waals surface area (Å²) < 4.78 is 0. The fourth-order valence-electron chi connectivity index (χ4n) is 4.51. The molecule has 0 spiro atoms. The normalized spacial score (nSPS) is 19.6. The summed E-state index contributed by atoms with van der Waals surface area (Å²) in [6, 6.07) is 0. The van der Waals surface area contributed by atoms with Crippen molar-refractivity contribution in [3.63, 3.8) is 0 Å². The van der Waals surface area contributed by atoms with Gasteiger partial charge in [0.15, 0.2) is 5.13 Å². The first-order chi connectivity index (χ1) is 14.6. The van der Waals surface area contributed by atoms with Crippen LogP contribution in [0.15, 0.2) is 0 Å². The topological polar surface area (TPSA) is 51.8 Å². The molecule has 2 aromatic heterocycles. The van der Waals surface area contributed by atoms with E-state index in [0.717, 1.165) is 23.4 Å². The number of nitrogen functional groups attached to an aromatic ring is 1. The number of fused-ring (bicyclic) bond motifs is 2. The molecule has 0 saturated heterocycles. The Morgan fingerprint density at radius 2 is 1.33 bits per heavy atom. The first kappa shape index (κ1) is 25.3. The lowest BCUT2D eigenvalue weighted by Gasteiger charge is -2.20. The van der Waals surface area contributed by atoms with Crippen molar-refractivity contribution in [3.8, 4) is 0 Å². The third-order valence-electron chi connectivity index (χ3n) is 6.14. The molecule has 0 saturated carbocycles. The predicted molar refractivity (Wildman–Crippen MR) is 135 cm³/mol. The van der Waals surface area contributed by atoms with Crippen LogP contribution in [-0.2, 0) is 25.7 Å². The second-order valence-electron chi connectivity index (χ2n) is 8.53. The number of unbranched alkanes of at least 4 members (excludes halogenated alkanes) is 2. The van der Waals surface area contributed by atoms with E-state index in [1.165, 1.54) is 91.9 Å². The van der Waals surface area contributed by atoms with Gasteiger partial charge < -0.3 is 5.73 Å². The highest BCUT2D eigenvalue weighted by Crippen LogP contribution is 2.33. The molecule has 170 valence electrons. The van der Waals surface area contributed by atoms with Crippen LogP contribution < -0.4 is 5.73 Å². The van der Waals surface area contributed by atoms with Crippen molar-refractivity contribution >= 4 is 27.8 Å². The number of aryl methyl sites for hydroxylation is 3. The Kier molecular flexibility index (Phi) is 11.4. The van der Waals surface area contributed by atoms with Crippen molar-refractivity contribution in [2.24, 2.45) is 11.8 Å². The number of hydrogen-bond acceptors (Lipinski definition) is 5. The highest BCUT2D eigenvalue weighted by molar-refractivity contribution is 7.15. The summed E-state index contributed by atoms with van der Waals surface area (Å²) in [7, 11) is 0. The van der Waals surface area contributed by atoms with E-state index in [2.05, 4.69) is 30.7 Å². The predicted octanol–water partition coefficient (Wildman–Crippen LogP) is 7.79. The zero-order valence-electron chi connectivity index (χ0n) is 19.9. The van der Waals surface area contributed by atoms with Gasteiger partial charge in [0.25, 0.3) is 0 Å². The molecule has 30 heavy (non-hydrogen) atoms. The third-order valence-corrected chi connectivity index (χ3v) is 8.12. The Labute approximate surface area is 192 Å². The number of thiazole rings is 2. The number of nitrogens with zero attached hydrogens (tertiary/aromatic N) is 2. The molecular weight excluding hydrogens is 406 g/mol. The van der Waals surface area contributed by atoms with Gasteiger partial charge in [0.05, 0.1) is 16.4 Å². The molecule has 0 bridgehead atoms. The minimum Gasteiger partial charge on any atom is -0.375 e. The standard InChI is InChI=1S/C12H19NS.C11H18N2S.C2H6/c1-3-4-5-10-6-7-11-12(8-10)14-9(2)13-11;1-2-3-4-8-5-6-9-10(7-8)14-11(12)13-9;1-2/h10H,3-8H2,1-2H3;8H,2-7H2,1H3,(H2,12,13);1-2H3/t10-;8-;/m11./s1. The zero-order valence-corrected chi connectivity index (χ0v) is 21.6. The SMILES string of the molecule is CC.CCCC[C@@H]1CCc2nc(C)sc2C1.CCCC[C@@H]1CCc2nc(N)sc2C1. The Morgan fingerprint density at radius 1 is 0.833 bits per heavy atom. The molecule has 2 N–H and O–H groups in total. The summed E-state index contributed by atoms with van der Waals surface area (Å²) in [4.78, 5) is 12.0. The van der Waals surface area contributed by atoms with Gasteiger partial charge in [-0.15, -0.1) is 22.7 Å². The summed E-state index contributed by atoms with van der Waals surface area (Å²) in [6.07, 6.45) is 15.8. The van der Waals surface area contributed by atoms with Crippen LogP contribution in [0, 0.1) is 18.8 Å². The van der Waals surface area contributed by atoms with E-state index in [0.29, 0.717) is 0 Å². The minimum absolute atomic E-state index is 0.756. The van der Waals surface area contributed by atoms with Gasteiger partial charge in [-0.3, -0.25) is 0 Å². The molecule has 4 rings (SSSR count). The fourth-order valence-corrected chi connectivity index (χ4v) is 6.60. The van der Waals surface area contributed by atoms with E-state index in [-0.39, 0.29) is 0 Å². The second kappa shape index (κ2) is 13.5. The lowest BCUT2D eigenvalue weighted by Crippen LogP contribution is -2.12. The van der Waals surface area contributed by atoms with E-state index in [1.807, 2.05) is 25.2 Å². The van der Waals surface area contributed by atoms with Crippen molar-refractivity contribution in [3.05, 3.63) is 26.1 Å². The molecule has 0 unspecified atom stereocenters. The first-order valence-electron chi connectivity index (χ1n) is 12.3. The Morgan fingerprint density at radius 3 is 1.87 bits per heavy atom. The van der Waals surface area contributed by atoms with Crippen LogP contribution in [0.1, 0.15) is 105 Å². The number of aromatic nitrogens is 2. The molecular formula is C25H43N3S2. The molecule has 2 heterocycles. The van der Waals surface area contributed by atoms with Gasteiger partial charge in [-0.25, -0.2) is 9.97 Å². The molecule has 0 fully saturated rings. The van der Waals surface area contributed by atoms with Gasteiger partial charge in [0, 0.05) is 9.75 Å². The summed E-state index contributed by atoms with van der Waals surface area (Å²) in [5, 5.41) is 2.01. The minimum atomic E-state index is 0.756. The quantitative estimate of drug-likeness (QED) is 0.489. The maximum Gasteiger partial charge on any atom is 0.180 e. The van der Waals surface area contributed by atoms with Crippen LogP contribution in [0.3, 0.4) is 0 Å². The van der Waals surface area contributed by atoms with Crippen LogP contribution in [-0.4, -0.2) is 9.97 Å². The van der Waals surface area contributed by atoms with E-state index >= 15 is 0 Å². The lowest BCUT2D eigenvalue weighted by atomic mass is 9.87. The summed E-state index contributed by atoms with van der Waals surface area (Å²) in [5.74, 6) is 1.84. The van der Waals surface area contributed by atoms with E-state index < -0.39 is 0 Å². The van der Waals surface area contributed by atoms with Gasteiger partial charge >= 0.3 is 0 Å². The lowest BCUT2D eigenvalue weighted by molar-refractivity contribution is 0.414. The molecule has 2 aliphatic carbocycles. The van der Waals surface area contributed by atoms with Gasteiger partial charge in [-0.05, 0) is 57.3 Å². The van der Waals surface area contributed by atoms with Crippen molar-refractivity contribution < 1.29 is 0 Å². The van der Waals surface area contributed by atoms with Crippen LogP contribution in [0.5, 0.6) is 0 Å². The summed E-state index contributed by atoms with van der Waals surface area (Å²) in [5.41, 5.74) is 8.39. The number of nitrogens with two attached hydrogens (primary N) is 1. The van der Waals surface area contributed by atoms with Crippen LogP contribution in [0.25, 0.3) is 0 Å². The highest BCUT2D eigenvalue weighted by Gasteiger charge is 2.22. The van der Waals surface area contributed by atoms with Crippen LogP contribution >= 0.6 is 22.7 Å². The number of anilines is 1. The Bertz CT molecular complexity index is 673. The maximum absolute atomic E-state index is 5.71. The average molecular weight is 450 g/mol. The van der Waals surface area contributed by atoms with Gasteiger partial charge in [0.1, 0.15) is 0 Å². The molecule has 0 amide bonds. The van der Waals surface area contributed by atoms with E-state index in [4.69, 9.17) is 5.73 Å². The highest BCUT2D eigenvalue weighted by atomic mass is 32.1. The average Bonchev–Trinajstić information content (AvgIpc) is 3.32. The maximum atomic E-state index is 5.71. The Balaban J connectivity index is 0.000000197. The van der Waals surface area contributed by atoms with Crippen LogP contribution in [0.4, 0.5) is 5.13 Å². The summed E-state index contributed by atoms with van der Waals surface area (Å²) >= 11 is 3.61. The van der Waals surface area contributed by atoms with Crippen molar-refractivity contribution in [2.75, 3.05) is 5.73 Å². The Hall–Kier alpha value is -0.940. The van der Waals surface area contributed by atoms with Gasteiger partial charge in [-0.1, -0.05) is 66.2 Å². The van der Waals surface area contributed by atoms with Gasteiger partial charge in [-0.2, -0.15) is 0 Å². The molecule has 3 nitrogen and oxygen atoms in total. The fraction of sp³-hybridized carbons (Fsp3) is 0.760. The number of hydrogen-bond donors (Lipinski definition) is 1. The molecule has 5 heteroatoms. The molecule has 0 radical (unpaired) electrons. The van der Waals surface area contributed by atoms with E-state index in [9.17, 15) is 0 Å². The number of rotatable bonds is 6. The first-order valence-corrected chi connectivity index (χ1v) is 13.9. The van der Waals surface area contributed by atoms with Crippen molar-refractivity contribution in [2.45, 2.75) is 112 Å². The van der Waals surface area contributed by atoms with E-state index in [1.54, 1.807) is 16.2 Å². The second-order valence-corrected chi connectivity index (χ2v) is 10.9. The molecule has 2 aromatic rings. The molecule has 2 atom stereocenters. The molecule has 2 aliphatic rings. The largest absolute Gasteiger partial charge is 0.375 e. The van der Waals surface area contributed by atoms with Gasteiger partial charge in [0.2, 0.25) is 0 Å². The zero-order chi connectivity index (χ0) is 21.9. The molecule has 0 aromatic carbocycles. The van der Waals surface area contributed by atoms with Crippen molar-refractivity contribution in [1.82, 2.24) is 9.97 Å². The molecule has 0 aliphatic heterocycles. The van der Waals surface area contributed by atoms with Crippen LogP contribution in [0.2, 0.25) is 0 Å². The third kappa shape index (κ3) is 7.64. The summed E-state index contributed by atoms with van der Waals surface area (Å²) in [6.45, 7) is 10.7. The van der Waals surface area contributed by atoms with Crippen molar-refractivity contribution in [1.29, 1.82) is 0 Å². The smallest absolute Gasteiger partial charge is 0.180 e.